The molecule has 2 heterocycles. The fraction of sp³-hybridized carbons (Fsp3) is 0.615. The summed E-state index contributed by atoms with van der Waals surface area (Å²) in [5.41, 5.74) is 0.518. The van der Waals surface area contributed by atoms with E-state index in [0.717, 1.165) is 13.1 Å². The van der Waals surface area contributed by atoms with E-state index in [0.29, 0.717) is 23.1 Å². The van der Waals surface area contributed by atoms with Crippen molar-refractivity contribution < 1.29 is 0 Å². The van der Waals surface area contributed by atoms with E-state index >= 15 is 0 Å². The summed E-state index contributed by atoms with van der Waals surface area (Å²) in [6.07, 6.45) is 4.07. The quantitative estimate of drug-likeness (QED) is 0.872. The summed E-state index contributed by atoms with van der Waals surface area (Å²) in [5, 5.41) is 12.3. The van der Waals surface area contributed by atoms with E-state index < -0.39 is 0 Å². The second-order valence-electron chi connectivity index (χ2n) is 4.94. The molecule has 0 amide bonds. The highest BCUT2D eigenvalue weighted by Gasteiger charge is 2.17. The molecule has 0 bridgehead atoms. The molecule has 0 saturated carbocycles. The summed E-state index contributed by atoms with van der Waals surface area (Å²) in [6.45, 7) is 5.00. The third-order valence-electron chi connectivity index (χ3n) is 3.31. The molecule has 1 aliphatic rings. The zero-order valence-electron chi connectivity index (χ0n) is 11.0. The van der Waals surface area contributed by atoms with Crippen molar-refractivity contribution in [2.75, 3.05) is 32.0 Å². The van der Waals surface area contributed by atoms with Gasteiger partial charge in [-0.1, -0.05) is 0 Å². The van der Waals surface area contributed by atoms with Crippen LogP contribution in [0.4, 0.5) is 5.82 Å². The van der Waals surface area contributed by atoms with Crippen molar-refractivity contribution in [3.8, 4) is 6.07 Å². The van der Waals surface area contributed by atoms with Crippen molar-refractivity contribution in [3.05, 3.63) is 17.6 Å². The molecule has 1 saturated heterocycles. The smallest absolute Gasteiger partial charge is 0.147 e. The van der Waals surface area contributed by atoms with Crippen molar-refractivity contribution in [3.63, 3.8) is 0 Å². The first kappa shape index (κ1) is 12.8. The zero-order valence-corrected chi connectivity index (χ0v) is 11.0. The number of hydrogen-bond acceptors (Lipinski definition) is 5. The fourth-order valence-corrected chi connectivity index (χ4v) is 2.37. The van der Waals surface area contributed by atoms with Crippen LogP contribution in [0.2, 0.25) is 0 Å². The predicted molar refractivity (Wildman–Crippen MR) is 70.2 cm³/mol. The highest BCUT2D eigenvalue weighted by molar-refractivity contribution is 5.50. The van der Waals surface area contributed by atoms with Crippen LogP contribution in [0.1, 0.15) is 24.2 Å². The molecule has 96 valence electrons. The van der Waals surface area contributed by atoms with Crippen LogP contribution >= 0.6 is 0 Å². The maximum absolute atomic E-state index is 9.01. The highest BCUT2D eigenvalue weighted by Crippen LogP contribution is 2.17. The van der Waals surface area contributed by atoms with Crippen LogP contribution in [-0.4, -0.2) is 41.5 Å². The van der Waals surface area contributed by atoms with Gasteiger partial charge in [0.25, 0.3) is 0 Å². The van der Waals surface area contributed by atoms with Gasteiger partial charge in [0.2, 0.25) is 0 Å². The van der Waals surface area contributed by atoms with Crippen molar-refractivity contribution >= 4 is 5.82 Å². The number of hydrogen-bond donors (Lipinski definition) is 1. The van der Waals surface area contributed by atoms with E-state index in [-0.39, 0.29) is 0 Å². The summed E-state index contributed by atoms with van der Waals surface area (Å²) in [4.78, 5) is 10.7. The SMILES string of the molecule is Cc1ncc(C#N)c(NCC2CCCN(C)C2)n1. The number of nitriles is 1. The molecule has 1 N–H and O–H groups in total. The lowest BCUT2D eigenvalue weighted by molar-refractivity contribution is 0.217. The van der Waals surface area contributed by atoms with Gasteiger partial charge in [-0.25, -0.2) is 9.97 Å². The number of anilines is 1. The van der Waals surface area contributed by atoms with Gasteiger partial charge < -0.3 is 10.2 Å². The van der Waals surface area contributed by atoms with Gasteiger partial charge in [-0.3, -0.25) is 0 Å². The van der Waals surface area contributed by atoms with E-state index in [4.69, 9.17) is 5.26 Å². The third kappa shape index (κ3) is 3.17. The van der Waals surface area contributed by atoms with Gasteiger partial charge in [-0.05, 0) is 39.3 Å². The van der Waals surface area contributed by atoms with Crippen molar-refractivity contribution in [1.29, 1.82) is 5.26 Å². The largest absolute Gasteiger partial charge is 0.369 e. The van der Waals surface area contributed by atoms with Crippen molar-refractivity contribution in [2.45, 2.75) is 19.8 Å². The molecule has 0 spiro atoms. The normalized spacial score (nSPS) is 20.4. The third-order valence-corrected chi connectivity index (χ3v) is 3.31. The maximum atomic E-state index is 9.01. The van der Waals surface area contributed by atoms with Crippen LogP contribution in [0.5, 0.6) is 0 Å². The molecule has 5 nitrogen and oxygen atoms in total. The minimum absolute atomic E-state index is 0.518. The van der Waals surface area contributed by atoms with Crippen molar-refractivity contribution in [1.82, 2.24) is 14.9 Å². The highest BCUT2D eigenvalue weighted by atomic mass is 15.1. The minimum Gasteiger partial charge on any atom is -0.369 e. The molecule has 0 aromatic carbocycles. The lowest BCUT2D eigenvalue weighted by Crippen LogP contribution is -2.35. The van der Waals surface area contributed by atoms with Crippen LogP contribution in [-0.2, 0) is 0 Å². The van der Waals surface area contributed by atoms with Crippen LogP contribution in [0.25, 0.3) is 0 Å². The van der Waals surface area contributed by atoms with Gasteiger partial charge in [-0.15, -0.1) is 0 Å². The average Bonchev–Trinajstić information content (AvgIpc) is 2.37. The first-order chi connectivity index (χ1) is 8.69. The van der Waals surface area contributed by atoms with E-state index in [2.05, 4.69) is 33.3 Å². The Morgan fingerprint density at radius 3 is 3.17 bits per heavy atom. The molecule has 18 heavy (non-hydrogen) atoms. The molecule has 1 atom stereocenters. The Labute approximate surface area is 108 Å². The second kappa shape index (κ2) is 5.78. The Bertz CT molecular complexity index is 451. The first-order valence-electron chi connectivity index (χ1n) is 6.35. The summed E-state index contributed by atoms with van der Waals surface area (Å²) in [7, 11) is 2.15. The topological polar surface area (TPSA) is 64.8 Å². The zero-order chi connectivity index (χ0) is 13.0. The molecule has 0 aliphatic carbocycles. The Morgan fingerprint density at radius 2 is 2.44 bits per heavy atom. The summed E-state index contributed by atoms with van der Waals surface area (Å²) < 4.78 is 0. The molecule has 1 fully saturated rings. The van der Waals surface area contributed by atoms with E-state index in [1.807, 2.05) is 6.92 Å². The lowest BCUT2D eigenvalue weighted by Gasteiger charge is -2.29. The summed E-state index contributed by atoms with van der Waals surface area (Å²) in [6, 6.07) is 2.12. The molecule has 0 radical (unpaired) electrons. The first-order valence-corrected chi connectivity index (χ1v) is 6.35. The lowest BCUT2D eigenvalue weighted by atomic mass is 9.98. The van der Waals surface area contributed by atoms with Crippen LogP contribution in [0, 0.1) is 24.2 Å². The van der Waals surface area contributed by atoms with Gasteiger partial charge >= 0.3 is 0 Å². The number of aryl methyl sites for hydroxylation is 1. The summed E-state index contributed by atoms with van der Waals surface area (Å²) in [5.74, 6) is 1.99. The van der Waals surface area contributed by atoms with E-state index in [1.165, 1.54) is 19.4 Å². The average molecular weight is 245 g/mol. The number of rotatable bonds is 3. The van der Waals surface area contributed by atoms with Gasteiger partial charge in [0, 0.05) is 13.1 Å². The molecule has 1 aromatic heterocycles. The Balaban J connectivity index is 1.97. The van der Waals surface area contributed by atoms with Gasteiger partial charge in [0.05, 0.1) is 6.20 Å². The maximum Gasteiger partial charge on any atom is 0.147 e. The van der Waals surface area contributed by atoms with E-state index in [9.17, 15) is 0 Å². The summed E-state index contributed by atoms with van der Waals surface area (Å²) >= 11 is 0. The number of aromatic nitrogens is 2. The molecule has 1 aliphatic heterocycles. The molecule has 1 unspecified atom stereocenters. The van der Waals surface area contributed by atoms with Crippen LogP contribution in [0.15, 0.2) is 6.20 Å². The molecule has 2 rings (SSSR count). The van der Waals surface area contributed by atoms with Crippen molar-refractivity contribution in [2.24, 2.45) is 5.92 Å². The van der Waals surface area contributed by atoms with Crippen LogP contribution in [0.3, 0.4) is 0 Å². The van der Waals surface area contributed by atoms with Crippen LogP contribution < -0.4 is 5.32 Å². The molecule has 1 aromatic rings. The number of nitrogens with zero attached hydrogens (tertiary/aromatic N) is 4. The Kier molecular flexibility index (Phi) is 4.11. The van der Waals surface area contributed by atoms with Gasteiger partial charge in [0.1, 0.15) is 23.3 Å². The van der Waals surface area contributed by atoms with Gasteiger partial charge in [0.15, 0.2) is 0 Å². The Morgan fingerprint density at radius 1 is 1.61 bits per heavy atom. The van der Waals surface area contributed by atoms with E-state index in [1.54, 1.807) is 6.20 Å². The number of piperidine rings is 1. The monoisotopic (exact) mass is 245 g/mol. The second-order valence-corrected chi connectivity index (χ2v) is 4.94. The van der Waals surface area contributed by atoms with Gasteiger partial charge in [-0.2, -0.15) is 5.26 Å². The minimum atomic E-state index is 0.518. The molecular weight excluding hydrogens is 226 g/mol. The fourth-order valence-electron chi connectivity index (χ4n) is 2.37. The predicted octanol–water partition coefficient (Wildman–Crippen LogP) is 1.41. The molecular formula is C13H19N5. The Hall–Kier alpha value is -1.67. The molecule has 5 heteroatoms. The number of likely N-dealkylation sites (tertiary alicyclic amines) is 1. The standard InChI is InChI=1S/C13H19N5/c1-10-15-8-12(6-14)13(17-10)16-7-11-4-3-5-18(2)9-11/h8,11H,3-5,7,9H2,1-2H3,(H,15,16,17). The number of nitrogens with one attached hydrogen (secondary N) is 1.